The molecule has 2 nitrogen and oxygen atoms in total. The molecule has 14 heavy (non-hydrogen) atoms. The summed E-state index contributed by atoms with van der Waals surface area (Å²) in [7, 11) is 1.57. The van der Waals surface area contributed by atoms with Gasteiger partial charge < -0.3 is 9.84 Å². The fourth-order valence-electron chi connectivity index (χ4n) is 1.58. The first kappa shape index (κ1) is 9.03. The second-order valence-corrected chi connectivity index (χ2v) is 3.16. The molecule has 0 saturated heterocycles. The van der Waals surface area contributed by atoms with Gasteiger partial charge >= 0.3 is 0 Å². The Morgan fingerprint density at radius 3 is 2.86 bits per heavy atom. The van der Waals surface area contributed by atoms with E-state index in [9.17, 15) is 5.11 Å². The molecule has 0 amide bonds. The Labute approximate surface area is 83.1 Å². The Morgan fingerprint density at radius 1 is 1.29 bits per heavy atom. The number of hydrogen-bond acceptors (Lipinski definition) is 2. The molecule has 0 fully saturated rings. The van der Waals surface area contributed by atoms with E-state index in [-0.39, 0.29) is 0 Å². The minimum absolute atomic E-state index is 0.575. The van der Waals surface area contributed by atoms with Crippen LogP contribution in [0, 0.1) is 0 Å². The fourth-order valence-corrected chi connectivity index (χ4v) is 1.58. The van der Waals surface area contributed by atoms with Crippen molar-refractivity contribution in [1.82, 2.24) is 0 Å². The zero-order valence-electron chi connectivity index (χ0n) is 7.97. The largest absolute Gasteiger partial charge is 0.498 e. The van der Waals surface area contributed by atoms with Crippen LogP contribution in [-0.2, 0) is 4.74 Å². The highest BCUT2D eigenvalue weighted by molar-refractivity contribution is 5.58. The van der Waals surface area contributed by atoms with Gasteiger partial charge in [-0.3, -0.25) is 0 Å². The van der Waals surface area contributed by atoms with Gasteiger partial charge in [-0.15, -0.1) is 0 Å². The molecule has 72 valence electrons. The van der Waals surface area contributed by atoms with E-state index in [2.05, 4.69) is 0 Å². The predicted octanol–water partition coefficient (Wildman–Crippen LogP) is 2.28. The standard InChI is InChI=1S/C12H12O2/c1-14-11-8-4-6-9-5-2-3-7-10(9)12(11)13/h2-8,12-13H,1H3. The van der Waals surface area contributed by atoms with Crippen LogP contribution in [0.5, 0.6) is 0 Å². The highest BCUT2D eigenvalue weighted by Gasteiger charge is 2.17. The highest BCUT2D eigenvalue weighted by Crippen LogP contribution is 2.28. The van der Waals surface area contributed by atoms with Crippen molar-refractivity contribution in [2.45, 2.75) is 6.10 Å². The number of aliphatic hydroxyl groups excluding tert-OH is 1. The third-order valence-electron chi connectivity index (χ3n) is 2.33. The summed E-state index contributed by atoms with van der Waals surface area (Å²) in [5.74, 6) is 0.575. The van der Waals surface area contributed by atoms with Gasteiger partial charge in [-0.05, 0) is 17.2 Å². The van der Waals surface area contributed by atoms with Crippen molar-refractivity contribution < 1.29 is 9.84 Å². The molecule has 0 spiro atoms. The van der Waals surface area contributed by atoms with Gasteiger partial charge in [0.2, 0.25) is 0 Å². The fraction of sp³-hybridized carbons (Fsp3) is 0.167. The van der Waals surface area contributed by atoms with E-state index in [0.717, 1.165) is 11.1 Å². The normalized spacial score (nSPS) is 19.6. The van der Waals surface area contributed by atoms with Crippen LogP contribution in [0.1, 0.15) is 17.2 Å². The summed E-state index contributed by atoms with van der Waals surface area (Å²) < 4.78 is 5.10. The maximum absolute atomic E-state index is 9.97. The van der Waals surface area contributed by atoms with Gasteiger partial charge in [0.25, 0.3) is 0 Å². The van der Waals surface area contributed by atoms with Crippen molar-refractivity contribution in [3.05, 3.63) is 53.3 Å². The Bertz CT molecular complexity index is 391. The van der Waals surface area contributed by atoms with Gasteiger partial charge in [-0.25, -0.2) is 0 Å². The van der Waals surface area contributed by atoms with Crippen molar-refractivity contribution in [2.24, 2.45) is 0 Å². The number of benzene rings is 1. The van der Waals surface area contributed by atoms with Crippen molar-refractivity contribution in [1.29, 1.82) is 0 Å². The lowest BCUT2D eigenvalue weighted by molar-refractivity contribution is 0.129. The van der Waals surface area contributed by atoms with E-state index >= 15 is 0 Å². The van der Waals surface area contributed by atoms with Crippen LogP contribution in [-0.4, -0.2) is 12.2 Å². The molecule has 1 aliphatic carbocycles. The average molecular weight is 188 g/mol. The Morgan fingerprint density at radius 2 is 2.07 bits per heavy atom. The molecule has 2 rings (SSSR count). The summed E-state index contributed by atoms with van der Waals surface area (Å²) >= 11 is 0. The SMILES string of the molecule is COC1=CC=Cc2ccccc2C1O. The molecule has 1 N–H and O–H groups in total. The minimum Gasteiger partial charge on any atom is -0.498 e. The van der Waals surface area contributed by atoms with Crippen LogP contribution in [0.4, 0.5) is 0 Å². The second-order valence-electron chi connectivity index (χ2n) is 3.16. The summed E-state index contributed by atoms with van der Waals surface area (Å²) in [6, 6.07) is 7.74. The van der Waals surface area contributed by atoms with Gasteiger partial charge in [0.1, 0.15) is 11.9 Å². The molecule has 1 unspecified atom stereocenters. The maximum Gasteiger partial charge on any atom is 0.137 e. The lowest BCUT2D eigenvalue weighted by Crippen LogP contribution is -2.03. The smallest absolute Gasteiger partial charge is 0.137 e. The molecule has 0 aromatic heterocycles. The first-order valence-electron chi connectivity index (χ1n) is 4.52. The molecule has 0 bridgehead atoms. The van der Waals surface area contributed by atoms with Crippen molar-refractivity contribution >= 4 is 6.08 Å². The maximum atomic E-state index is 9.97. The summed E-state index contributed by atoms with van der Waals surface area (Å²) in [5.41, 5.74) is 1.91. The number of rotatable bonds is 1. The molecular weight excluding hydrogens is 176 g/mol. The van der Waals surface area contributed by atoms with Gasteiger partial charge in [0.05, 0.1) is 7.11 Å². The second kappa shape index (κ2) is 3.68. The number of ether oxygens (including phenoxy) is 1. The number of methoxy groups -OCH3 is 1. The number of aliphatic hydroxyl groups is 1. The lowest BCUT2D eigenvalue weighted by atomic mass is 10.0. The third-order valence-corrected chi connectivity index (χ3v) is 2.33. The van der Waals surface area contributed by atoms with E-state index in [1.807, 2.05) is 36.4 Å². The summed E-state index contributed by atoms with van der Waals surface area (Å²) in [6.45, 7) is 0. The Hall–Kier alpha value is -1.54. The molecule has 1 aromatic carbocycles. The first-order chi connectivity index (χ1) is 6.83. The Balaban J connectivity index is 2.50. The van der Waals surface area contributed by atoms with Crippen molar-refractivity contribution in [2.75, 3.05) is 7.11 Å². The monoisotopic (exact) mass is 188 g/mol. The van der Waals surface area contributed by atoms with Gasteiger partial charge in [-0.1, -0.05) is 36.4 Å². The van der Waals surface area contributed by atoms with E-state index in [4.69, 9.17) is 4.74 Å². The quantitative estimate of drug-likeness (QED) is 0.732. The van der Waals surface area contributed by atoms with Crippen LogP contribution in [0.3, 0.4) is 0 Å². The van der Waals surface area contributed by atoms with Crippen molar-refractivity contribution in [3.63, 3.8) is 0 Å². The number of hydrogen-bond donors (Lipinski definition) is 1. The zero-order chi connectivity index (χ0) is 9.97. The molecule has 0 saturated carbocycles. The first-order valence-corrected chi connectivity index (χ1v) is 4.52. The third kappa shape index (κ3) is 1.44. The van der Waals surface area contributed by atoms with E-state index in [1.165, 1.54) is 0 Å². The van der Waals surface area contributed by atoms with Crippen LogP contribution in [0.15, 0.2) is 42.2 Å². The van der Waals surface area contributed by atoms with Crippen molar-refractivity contribution in [3.8, 4) is 0 Å². The highest BCUT2D eigenvalue weighted by atomic mass is 16.5. The minimum atomic E-state index is -0.661. The van der Waals surface area contributed by atoms with Crippen LogP contribution in [0.25, 0.3) is 6.08 Å². The molecule has 1 aliphatic rings. The van der Waals surface area contributed by atoms with Crippen LogP contribution < -0.4 is 0 Å². The van der Waals surface area contributed by atoms with Gasteiger partial charge in [-0.2, -0.15) is 0 Å². The zero-order valence-corrected chi connectivity index (χ0v) is 7.97. The lowest BCUT2D eigenvalue weighted by Gasteiger charge is -2.14. The summed E-state index contributed by atoms with van der Waals surface area (Å²) in [4.78, 5) is 0. The summed E-state index contributed by atoms with van der Waals surface area (Å²) in [5, 5.41) is 9.97. The van der Waals surface area contributed by atoms with Gasteiger partial charge in [0, 0.05) is 0 Å². The van der Waals surface area contributed by atoms with Gasteiger partial charge in [0.15, 0.2) is 0 Å². The predicted molar refractivity (Wildman–Crippen MR) is 55.5 cm³/mol. The molecule has 0 radical (unpaired) electrons. The van der Waals surface area contributed by atoms with E-state index in [0.29, 0.717) is 5.76 Å². The summed E-state index contributed by atoms with van der Waals surface area (Å²) in [6.07, 6.45) is 4.97. The average Bonchev–Trinajstić information content (AvgIpc) is 2.39. The molecule has 1 atom stereocenters. The number of allylic oxidation sites excluding steroid dienone is 2. The topological polar surface area (TPSA) is 29.5 Å². The van der Waals surface area contributed by atoms with E-state index in [1.54, 1.807) is 13.2 Å². The molecule has 0 aliphatic heterocycles. The van der Waals surface area contributed by atoms with Crippen LogP contribution >= 0.6 is 0 Å². The van der Waals surface area contributed by atoms with E-state index < -0.39 is 6.10 Å². The molecule has 0 heterocycles. The van der Waals surface area contributed by atoms with Crippen LogP contribution in [0.2, 0.25) is 0 Å². The molecular formula is C12H12O2. The number of fused-ring (bicyclic) bond motifs is 1. The Kier molecular flexibility index (Phi) is 2.37. The molecule has 2 heteroatoms. The molecule has 1 aromatic rings.